The molecule has 0 amide bonds. The minimum atomic E-state index is -0.794. The zero-order valence-corrected chi connectivity index (χ0v) is 11.5. The lowest BCUT2D eigenvalue weighted by Crippen LogP contribution is -2.21. The first-order chi connectivity index (χ1) is 8.42. The Morgan fingerprint density at radius 3 is 2.44 bits per heavy atom. The molecule has 1 aromatic rings. The molecule has 0 aromatic heterocycles. The van der Waals surface area contributed by atoms with Crippen LogP contribution in [0.4, 0.5) is 0 Å². The molecule has 0 saturated heterocycles. The van der Waals surface area contributed by atoms with Gasteiger partial charge in [0.1, 0.15) is 5.75 Å². The Kier molecular flexibility index (Phi) is 3.28. The second kappa shape index (κ2) is 4.47. The van der Waals surface area contributed by atoms with Gasteiger partial charge in [-0.2, -0.15) is 0 Å². The van der Waals surface area contributed by atoms with Crippen molar-refractivity contribution in [3.8, 4) is 5.75 Å². The Morgan fingerprint density at radius 2 is 2.06 bits per heavy atom. The lowest BCUT2D eigenvalue weighted by Gasteiger charge is -2.20. The molecule has 18 heavy (non-hydrogen) atoms. The van der Waals surface area contributed by atoms with Crippen LogP contribution in [0.1, 0.15) is 43.7 Å². The van der Waals surface area contributed by atoms with Gasteiger partial charge in [0.05, 0.1) is 12.5 Å². The summed E-state index contributed by atoms with van der Waals surface area (Å²) in [6.45, 7) is 4.08. The highest BCUT2D eigenvalue weighted by molar-refractivity contribution is 6.30. The molecule has 1 saturated carbocycles. The summed E-state index contributed by atoms with van der Waals surface area (Å²) >= 11 is 6.11. The van der Waals surface area contributed by atoms with Gasteiger partial charge in [-0.3, -0.25) is 4.79 Å². The van der Waals surface area contributed by atoms with Crippen molar-refractivity contribution in [1.29, 1.82) is 0 Å². The summed E-state index contributed by atoms with van der Waals surface area (Å²) in [7, 11) is 1.58. The maximum atomic E-state index is 11.4. The van der Waals surface area contributed by atoms with E-state index in [0.29, 0.717) is 29.2 Å². The lowest BCUT2D eigenvalue weighted by molar-refractivity contribution is -0.140. The van der Waals surface area contributed by atoms with Crippen LogP contribution in [0, 0.1) is 0 Å². The highest BCUT2D eigenvalue weighted by Crippen LogP contribution is 2.53. The van der Waals surface area contributed by atoms with Crippen molar-refractivity contribution in [2.24, 2.45) is 0 Å². The molecule has 1 fully saturated rings. The van der Waals surface area contributed by atoms with Crippen molar-refractivity contribution in [1.82, 2.24) is 0 Å². The van der Waals surface area contributed by atoms with E-state index < -0.39 is 11.4 Å². The fourth-order valence-corrected chi connectivity index (χ4v) is 2.58. The molecule has 1 aliphatic carbocycles. The number of ether oxygens (including phenoxy) is 1. The van der Waals surface area contributed by atoms with E-state index in [1.807, 2.05) is 19.9 Å². The van der Waals surface area contributed by atoms with Crippen LogP contribution in [0.2, 0.25) is 5.02 Å². The Labute approximate surface area is 112 Å². The van der Waals surface area contributed by atoms with E-state index >= 15 is 0 Å². The minimum Gasteiger partial charge on any atom is -0.496 e. The van der Waals surface area contributed by atoms with E-state index in [1.54, 1.807) is 13.2 Å². The third-order valence-corrected chi connectivity index (χ3v) is 3.80. The fraction of sp³-hybridized carbons (Fsp3) is 0.500. The van der Waals surface area contributed by atoms with Crippen LogP contribution in [-0.2, 0) is 10.2 Å². The molecule has 1 N–H and O–H groups in total. The molecule has 1 aromatic carbocycles. The van der Waals surface area contributed by atoms with Gasteiger partial charge in [-0.15, -0.1) is 0 Å². The number of hydrogen-bond donors (Lipinski definition) is 1. The largest absolute Gasteiger partial charge is 0.496 e. The van der Waals surface area contributed by atoms with E-state index in [9.17, 15) is 9.90 Å². The molecule has 0 bridgehead atoms. The molecule has 1 aliphatic rings. The number of halogens is 1. The number of methoxy groups -OCH3 is 1. The second-order valence-corrected chi connectivity index (χ2v) is 5.55. The van der Waals surface area contributed by atoms with E-state index in [1.165, 1.54) is 0 Å². The molecule has 0 radical (unpaired) electrons. The molecule has 2 rings (SSSR count). The first-order valence-electron chi connectivity index (χ1n) is 6.03. The molecule has 4 heteroatoms. The summed E-state index contributed by atoms with van der Waals surface area (Å²) < 4.78 is 5.45. The van der Waals surface area contributed by atoms with Crippen LogP contribution in [0.25, 0.3) is 0 Å². The van der Waals surface area contributed by atoms with Gasteiger partial charge in [0, 0.05) is 10.6 Å². The van der Waals surface area contributed by atoms with Crippen molar-refractivity contribution in [3.05, 3.63) is 28.3 Å². The number of carbonyl (C=O) groups is 1. The van der Waals surface area contributed by atoms with Gasteiger partial charge in [-0.1, -0.05) is 25.4 Å². The summed E-state index contributed by atoms with van der Waals surface area (Å²) in [4.78, 5) is 11.4. The fourth-order valence-electron chi connectivity index (χ4n) is 2.35. The van der Waals surface area contributed by atoms with Crippen LogP contribution in [-0.4, -0.2) is 18.2 Å². The monoisotopic (exact) mass is 268 g/mol. The van der Waals surface area contributed by atoms with Gasteiger partial charge in [0.25, 0.3) is 0 Å². The first kappa shape index (κ1) is 13.2. The standard InChI is InChI=1S/C14H17ClO3/c1-8(2)10-6-9(15)7-11(12(10)18-3)14(4-5-14)13(16)17/h6-8H,4-5H2,1-3H3,(H,16,17). The number of hydrogen-bond acceptors (Lipinski definition) is 2. The van der Waals surface area contributed by atoms with Crippen LogP contribution >= 0.6 is 11.6 Å². The highest BCUT2D eigenvalue weighted by atomic mass is 35.5. The number of benzene rings is 1. The lowest BCUT2D eigenvalue weighted by atomic mass is 9.90. The van der Waals surface area contributed by atoms with Crippen molar-refractivity contribution >= 4 is 17.6 Å². The summed E-state index contributed by atoms with van der Waals surface area (Å²) in [6.07, 6.45) is 1.30. The molecule has 3 nitrogen and oxygen atoms in total. The van der Waals surface area contributed by atoms with Gasteiger partial charge >= 0.3 is 5.97 Å². The third-order valence-electron chi connectivity index (χ3n) is 3.58. The highest BCUT2D eigenvalue weighted by Gasteiger charge is 2.53. The molecule has 98 valence electrons. The molecular formula is C14H17ClO3. The van der Waals surface area contributed by atoms with Gasteiger partial charge in [-0.05, 0) is 36.5 Å². The van der Waals surface area contributed by atoms with Crippen molar-refractivity contribution < 1.29 is 14.6 Å². The summed E-state index contributed by atoms with van der Waals surface area (Å²) in [5.74, 6) is 0.120. The molecule has 0 aliphatic heterocycles. The first-order valence-corrected chi connectivity index (χ1v) is 6.41. The Bertz CT molecular complexity index is 490. The van der Waals surface area contributed by atoms with Crippen molar-refractivity contribution in [2.75, 3.05) is 7.11 Å². The SMILES string of the molecule is COc1c(C(C)C)cc(Cl)cc1C1(C(=O)O)CC1. The normalized spacial score (nSPS) is 16.7. The average Bonchev–Trinajstić information content (AvgIpc) is 3.08. The zero-order valence-electron chi connectivity index (χ0n) is 10.8. The van der Waals surface area contributed by atoms with Crippen LogP contribution in [0.5, 0.6) is 5.75 Å². The minimum absolute atomic E-state index is 0.238. The van der Waals surface area contributed by atoms with E-state index in [4.69, 9.17) is 16.3 Å². The number of rotatable bonds is 4. The van der Waals surface area contributed by atoms with Crippen LogP contribution in [0.3, 0.4) is 0 Å². The van der Waals surface area contributed by atoms with Crippen LogP contribution < -0.4 is 4.74 Å². The van der Waals surface area contributed by atoms with Crippen molar-refractivity contribution in [2.45, 2.75) is 38.0 Å². The molecule has 0 unspecified atom stereocenters. The smallest absolute Gasteiger partial charge is 0.314 e. The maximum Gasteiger partial charge on any atom is 0.314 e. The maximum absolute atomic E-state index is 11.4. The third kappa shape index (κ3) is 1.97. The zero-order chi connectivity index (χ0) is 13.5. The Balaban J connectivity index is 2.63. The number of aliphatic carboxylic acids is 1. The molecule has 0 heterocycles. The van der Waals surface area contributed by atoms with Crippen molar-refractivity contribution in [3.63, 3.8) is 0 Å². The summed E-state index contributed by atoms with van der Waals surface area (Å²) in [6, 6.07) is 3.58. The number of carboxylic acid groups (broad SMARTS) is 1. The van der Waals surface area contributed by atoms with Gasteiger partial charge in [0.15, 0.2) is 0 Å². The second-order valence-electron chi connectivity index (χ2n) is 5.12. The summed E-state index contributed by atoms with van der Waals surface area (Å²) in [5, 5.41) is 9.97. The predicted molar refractivity (Wildman–Crippen MR) is 70.6 cm³/mol. The Morgan fingerprint density at radius 1 is 1.44 bits per heavy atom. The summed E-state index contributed by atoms with van der Waals surface area (Å²) in [5.41, 5.74) is 0.890. The van der Waals surface area contributed by atoms with E-state index in [-0.39, 0.29) is 5.92 Å². The van der Waals surface area contributed by atoms with Gasteiger partial charge < -0.3 is 9.84 Å². The Hall–Kier alpha value is -1.22. The quantitative estimate of drug-likeness (QED) is 0.908. The van der Waals surface area contributed by atoms with Gasteiger partial charge in [-0.25, -0.2) is 0 Å². The van der Waals surface area contributed by atoms with E-state index in [0.717, 1.165) is 5.56 Å². The topological polar surface area (TPSA) is 46.5 Å². The molecule has 0 atom stereocenters. The van der Waals surface area contributed by atoms with Gasteiger partial charge in [0.2, 0.25) is 0 Å². The molecular weight excluding hydrogens is 252 g/mol. The van der Waals surface area contributed by atoms with E-state index in [2.05, 4.69) is 0 Å². The molecule has 0 spiro atoms. The predicted octanol–water partition coefficient (Wildman–Crippen LogP) is 3.59. The average molecular weight is 269 g/mol. The number of carboxylic acids is 1. The van der Waals surface area contributed by atoms with Crippen LogP contribution in [0.15, 0.2) is 12.1 Å².